The fraction of sp³-hybridized carbons (Fsp3) is 0.368. The summed E-state index contributed by atoms with van der Waals surface area (Å²) in [6, 6.07) is 6.88. The van der Waals surface area contributed by atoms with Crippen molar-refractivity contribution in [3.8, 4) is 0 Å². The van der Waals surface area contributed by atoms with Crippen molar-refractivity contribution in [3.05, 3.63) is 48.3 Å². The van der Waals surface area contributed by atoms with E-state index in [4.69, 9.17) is 0 Å². The van der Waals surface area contributed by atoms with Gasteiger partial charge in [-0.15, -0.1) is 16.8 Å². The van der Waals surface area contributed by atoms with Crippen molar-refractivity contribution in [2.75, 3.05) is 5.32 Å². The van der Waals surface area contributed by atoms with Crippen molar-refractivity contribution in [2.24, 2.45) is 0 Å². The first-order chi connectivity index (χ1) is 12.5. The van der Waals surface area contributed by atoms with E-state index in [2.05, 4.69) is 22.1 Å². The summed E-state index contributed by atoms with van der Waals surface area (Å²) in [7, 11) is 0. The lowest BCUT2D eigenvalue weighted by Gasteiger charge is -2.13. The third kappa shape index (κ3) is 4.22. The smallest absolute Gasteiger partial charge is 0.237 e. The maximum atomic E-state index is 12.5. The summed E-state index contributed by atoms with van der Waals surface area (Å²) in [5.74, 6) is 1.35. The van der Waals surface area contributed by atoms with Gasteiger partial charge < -0.3 is 9.88 Å². The monoisotopic (exact) mass is 370 g/mol. The molecule has 1 unspecified atom stereocenters. The predicted octanol–water partition coefficient (Wildman–Crippen LogP) is 3.66. The molecule has 7 heteroatoms. The molecule has 1 fully saturated rings. The normalized spacial score (nSPS) is 14.7. The molecular weight excluding hydrogens is 348 g/mol. The molecule has 6 nitrogen and oxygen atoms in total. The molecule has 1 aliphatic carbocycles. The predicted molar refractivity (Wildman–Crippen MR) is 103 cm³/mol. The number of benzene rings is 1. The molecule has 1 aliphatic rings. The number of hydrogen-bond donors (Lipinski definition) is 1. The van der Waals surface area contributed by atoms with Gasteiger partial charge >= 0.3 is 0 Å². The Hall–Kier alpha value is -2.41. The Kier molecular flexibility index (Phi) is 5.56. The molecule has 0 spiro atoms. The van der Waals surface area contributed by atoms with Crippen molar-refractivity contribution < 1.29 is 9.59 Å². The lowest BCUT2D eigenvalue weighted by Crippen LogP contribution is -2.23. The number of amides is 1. The summed E-state index contributed by atoms with van der Waals surface area (Å²) in [6.45, 7) is 7.80. The Labute approximate surface area is 157 Å². The lowest BCUT2D eigenvalue weighted by atomic mass is 10.1. The first-order valence-corrected chi connectivity index (χ1v) is 9.50. The first-order valence-electron chi connectivity index (χ1n) is 8.62. The van der Waals surface area contributed by atoms with Crippen LogP contribution in [0.3, 0.4) is 0 Å². The van der Waals surface area contributed by atoms with Crippen LogP contribution in [-0.4, -0.2) is 31.7 Å². The summed E-state index contributed by atoms with van der Waals surface area (Å²) in [6.07, 6.45) is 4.11. The number of carbonyl (C=O) groups is 2. The minimum absolute atomic E-state index is 0.000165. The van der Waals surface area contributed by atoms with Gasteiger partial charge in [-0.1, -0.05) is 17.8 Å². The number of carbonyl (C=O) groups excluding carboxylic acids is 2. The molecule has 1 N–H and O–H groups in total. The number of nitrogens with one attached hydrogen (secondary N) is 1. The number of hydrogen-bond acceptors (Lipinski definition) is 5. The number of aromatic nitrogens is 3. The number of anilines is 1. The van der Waals surface area contributed by atoms with Gasteiger partial charge in [-0.2, -0.15) is 0 Å². The maximum absolute atomic E-state index is 12.5. The van der Waals surface area contributed by atoms with Gasteiger partial charge in [0.1, 0.15) is 5.82 Å². The largest absolute Gasteiger partial charge is 0.325 e. The van der Waals surface area contributed by atoms with E-state index in [0.29, 0.717) is 23.7 Å². The number of ketones is 1. The highest BCUT2D eigenvalue weighted by Gasteiger charge is 2.30. The highest BCUT2D eigenvalue weighted by molar-refractivity contribution is 8.00. The SMILES string of the molecule is C=CCn1c(SC(C)C(=O)Nc2ccc(C(C)=O)cc2)nnc1C1CC1. The lowest BCUT2D eigenvalue weighted by molar-refractivity contribution is -0.115. The molecule has 26 heavy (non-hydrogen) atoms. The van der Waals surface area contributed by atoms with E-state index in [1.54, 1.807) is 24.3 Å². The Balaban J connectivity index is 1.65. The van der Waals surface area contributed by atoms with Crippen LogP contribution in [0.25, 0.3) is 0 Å². The molecule has 2 aromatic rings. The van der Waals surface area contributed by atoms with Gasteiger partial charge in [0.2, 0.25) is 5.91 Å². The second-order valence-electron chi connectivity index (χ2n) is 6.40. The van der Waals surface area contributed by atoms with Gasteiger partial charge in [-0.3, -0.25) is 9.59 Å². The molecule has 1 saturated carbocycles. The summed E-state index contributed by atoms with van der Waals surface area (Å²) in [5.41, 5.74) is 1.29. The van der Waals surface area contributed by atoms with Crippen molar-refractivity contribution in [3.63, 3.8) is 0 Å². The van der Waals surface area contributed by atoms with Crippen molar-refractivity contribution in [2.45, 2.75) is 49.6 Å². The Morgan fingerprint density at radius 2 is 2.04 bits per heavy atom. The molecule has 3 rings (SSSR count). The van der Waals surface area contributed by atoms with Gasteiger partial charge in [-0.25, -0.2) is 0 Å². The van der Waals surface area contributed by atoms with Crippen molar-refractivity contribution >= 4 is 29.1 Å². The molecule has 1 amide bonds. The van der Waals surface area contributed by atoms with Gasteiger partial charge in [0.05, 0.1) is 5.25 Å². The van der Waals surface area contributed by atoms with E-state index in [1.807, 2.05) is 17.6 Å². The number of nitrogens with zero attached hydrogens (tertiary/aromatic N) is 3. The molecular formula is C19H22N4O2S. The quantitative estimate of drug-likeness (QED) is 0.436. The Bertz CT molecular complexity index is 825. The standard InChI is InChI=1S/C19H22N4O2S/c1-4-11-23-17(15-5-6-15)21-22-19(23)26-13(3)18(25)20-16-9-7-14(8-10-16)12(2)24/h4,7-10,13,15H,1,5-6,11H2,2-3H3,(H,20,25). The molecule has 1 aromatic heterocycles. The maximum Gasteiger partial charge on any atom is 0.237 e. The second-order valence-corrected chi connectivity index (χ2v) is 7.71. The number of thioether (sulfide) groups is 1. The molecule has 1 heterocycles. The fourth-order valence-electron chi connectivity index (χ4n) is 2.58. The van der Waals surface area contributed by atoms with Crippen LogP contribution in [0.2, 0.25) is 0 Å². The highest BCUT2D eigenvalue weighted by atomic mass is 32.2. The van der Waals surface area contributed by atoms with Crippen LogP contribution >= 0.6 is 11.8 Å². The van der Waals surface area contributed by atoms with Crippen LogP contribution in [-0.2, 0) is 11.3 Å². The van der Waals surface area contributed by atoms with Crippen LogP contribution in [0.4, 0.5) is 5.69 Å². The molecule has 136 valence electrons. The molecule has 1 aromatic carbocycles. The molecule has 0 bridgehead atoms. The van der Waals surface area contributed by atoms with Gasteiger partial charge in [0, 0.05) is 23.7 Å². The zero-order chi connectivity index (χ0) is 18.7. The van der Waals surface area contributed by atoms with Crippen LogP contribution in [0, 0.1) is 0 Å². The van der Waals surface area contributed by atoms with Crippen LogP contribution < -0.4 is 5.32 Å². The third-order valence-electron chi connectivity index (χ3n) is 4.21. The molecule has 0 radical (unpaired) electrons. The highest BCUT2D eigenvalue weighted by Crippen LogP contribution is 2.40. The number of Topliss-reactive ketones (excluding diaryl/α,β-unsaturated/α-hetero) is 1. The van der Waals surface area contributed by atoms with Crippen molar-refractivity contribution in [1.82, 2.24) is 14.8 Å². The van der Waals surface area contributed by atoms with E-state index < -0.39 is 0 Å². The molecule has 1 atom stereocenters. The fourth-order valence-corrected chi connectivity index (χ4v) is 3.44. The summed E-state index contributed by atoms with van der Waals surface area (Å²) < 4.78 is 2.04. The average molecular weight is 370 g/mol. The number of rotatable bonds is 8. The van der Waals surface area contributed by atoms with Gasteiger partial charge in [-0.05, 0) is 51.0 Å². The Morgan fingerprint density at radius 1 is 1.35 bits per heavy atom. The van der Waals surface area contributed by atoms with E-state index in [-0.39, 0.29) is 16.9 Å². The average Bonchev–Trinajstić information content (AvgIpc) is 3.39. The van der Waals surface area contributed by atoms with Crippen LogP contribution in [0.15, 0.2) is 42.1 Å². The Morgan fingerprint density at radius 3 is 2.62 bits per heavy atom. The summed E-state index contributed by atoms with van der Waals surface area (Å²) in [4.78, 5) is 23.8. The second kappa shape index (κ2) is 7.86. The summed E-state index contributed by atoms with van der Waals surface area (Å²) in [5, 5.41) is 11.8. The third-order valence-corrected chi connectivity index (χ3v) is 5.29. The van der Waals surface area contributed by atoms with Gasteiger partial charge in [0.15, 0.2) is 10.9 Å². The van der Waals surface area contributed by atoms with E-state index in [0.717, 1.165) is 23.8 Å². The zero-order valence-electron chi connectivity index (χ0n) is 14.9. The summed E-state index contributed by atoms with van der Waals surface area (Å²) >= 11 is 1.39. The van der Waals surface area contributed by atoms with E-state index >= 15 is 0 Å². The molecule has 0 aliphatic heterocycles. The van der Waals surface area contributed by atoms with E-state index in [9.17, 15) is 9.59 Å². The first kappa shape index (κ1) is 18.4. The van der Waals surface area contributed by atoms with Crippen LogP contribution in [0.5, 0.6) is 0 Å². The van der Waals surface area contributed by atoms with Crippen LogP contribution in [0.1, 0.15) is 48.8 Å². The van der Waals surface area contributed by atoms with E-state index in [1.165, 1.54) is 18.7 Å². The minimum atomic E-state index is -0.331. The molecule has 0 saturated heterocycles. The van der Waals surface area contributed by atoms with Crippen molar-refractivity contribution in [1.29, 1.82) is 0 Å². The number of allylic oxidation sites excluding steroid dienone is 1. The van der Waals surface area contributed by atoms with Gasteiger partial charge in [0.25, 0.3) is 0 Å². The minimum Gasteiger partial charge on any atom is -0.325 e. The zero-order valence-corrected chi connectivity index (χ0v) is 15.8. The topological polar surface area (TPSA) is 76.9 Å².